The Balaban J connectivity index is 2.08. The van der Waals surface area contributed by atoms with Gasteiger partial charge < -0.3 is 15.3 Å². The smallest absolute Gasteiger partial charge is 0.327 e. The molecule has 5 nitrogen and oxygen atoms in total. The number of carbonyl (C=O) groups is 1. The van der Waals surface area contributed by atoms with Gasteiger partial charge in [-0.3, -0.25) is 4.79 Å². The van der Waals surface area contributed by atoms with E-state index in [9.17, 15) is 4.79 Å². The second-order valence-electron chi connectivity index (χ2n) is 4.75. The molecule has 1 fully saturated rings. The molecule has 0 bridgehead atoms. The fourth-order valence-corrected chi connectivity index (χ4v) is 3.29. The van der Waals surface area contributed by atoms with Gasteiger partial charge in [-0.05, 0) is 40.0 Å². The van der Waals surface area contributed by atoms with Crippen molar-refractivity contribution in [2.45, 2.75) is 24.8 Å². The predicted octanol–water partition coefficient (Wildman–Crippen LogP) is 1.30. The van der Waals surface area contributed by atoms with E-state index in [1.165, 1.54) is 0 Å². The zero-order chi connectivity index (χ0) is 13.1. The van der Waals surface area contributed by atoms with Crippen LogP contribution in [0.5, 0.6) is 0 Å². The number of carboxylic acids is 1. The zero-order valence-electron chi connectivity index (χ0n) is 10.7. The van der Waals surface area contributed by atoms with Crippen LogP contribution in [0.4, 0.5) is 0 Å². The van der Waals surface area contributed by atoms with Crippen molar-refractivity contribution in [2.24, 2.45) is 0 Å². The molecule has 100 valence electrons. The maximum atomic E-state index is 11.1. The third-order valence-corrected chi connectivity index (χ3v) is 4.46. The van der Waals surface area contributed by atoms with Crippen LogP contribution in [-0.2, 0) is 4.79 Å². The lowest BCUT2D eigenvalue weighted by atomic mass is 9.98. The number of carboxylic acid groups (broad SMARTS) is 1. The van der Waals surface area contributed by atoms with Crippen molar-refractivity contribution >= 4 is 17.3 Å². The lowest BCUT2D eigenvalue weighted by Crippen LogP contribution is -2.29. The van der Waals surface area contributed by atoms with Crippen LogP contribution < -0.4 is 5.32 Å². The lowest BCUT2D eigenvalue weighted by Gasteiger charge is -2.27. The molecule has 18 heavy (non-hydrogen) atoms. The summed E-state index contributed by atoms with van der Waals surface area (Å²) in [6, 6.07) is -0.693. The van der Waals surface area contributed by atoms with Crippen LogP contribution in [0.3, 0.4) is 0 Å². The Morgan fingerprint density at radius 1 is 1.61 bits per heavy atom. The summed E-state index contributed by atoms with van der Waals surface area (Å²) in [5, 5.41) is 14.8. The maximum absolute atomic E-state index is 11.1. The molecule has 2 rings (SSSR count). The van der Waals surface area contributed by atoms with E-state index in [1.54, 1.807) is 18.4 Å². The Bertz CT molecular complexity index is 413. The van der Waals surface area contributed by atoms with Gasteiger partial charge in [-0.25, -0.2) is 4.98 Å². The first-order valence-electron chi connectivity index (χ1n) is 6.15. The van der Waals surface area contributed by atoms with Crippen molar-refractivity contribution in [1.29, 1.82) is 0 Å². The first-order chi connectivity index (χ1) is 8.61. The molecule has 1 atom stereocenters. The van der Waals surface area contributed by atoms with Crippen LogP contribution in [-0.4, -0.2) is 48.1 Å². The molecule has 1 saturated heterocycles. The number of likely N-dealkylation sites (tertiary alicyclic amines) is 1. The van der Waals surface area contributed by atoms with Crippen LogP contribution >= 0.6 is 11.3 Å². The molecule has 0 spiro atoms. The van der Waals surface area contributed by atoms with Gasteiger partial charge in [0.2, 0.25) is 0 Å². The van der Waals surface area contributed by atoms with Crippen LogP contribution in [0.2, 0.25) is 0 Å². The van der Waals surface area contributed by atoms with Crippen LogP contribution in [0, 0.1) is 0 Å². The fourth-order valence-electron chi connectivity index (χ4n) is 2.27. The summed E-state index contributed by atoms with van der Waals surface area (Å²) >= 11 is 1.59. The molecule has 1 aliphatic heterocycles. The molecule has 0 aliphatic carbocycles. The molecule has 2 N–H and O–H groups in total. The van der Waals surface area contributed by atoms with Crippen molar-refractivity contribution in [1.82, 2.24) is 15.2 Å². The van der Waals surface area contributed by atoms with Crippen LogP contribution in [0.25, 0.3) is 0 Å². The van der Waals surface area contributed by atoms with Gasteiger partial charge in [-0.1, -0.05) is 0 Å². The van der Waals surface area contributed by atoms with E-state index in [0.29, 0.717) is 11.6 Å². The highest BCUT2D eigenvalue weighted by molar-refractivity contribution is 7.09. The van der Waals surface area contributed by atoms with Crippen molar-refractivity contribution in [3.05, 3.63) is 16.1 Å². The summed E-state index contributed by atoms with van der Waals surface area (Å²) in [4.78, 5) is 17.9. The highest BCUT2D eigenvalue weighted by Crippen LogP contribution is 2.31. The lowest BCUT2D eigenvalue weighted by molar-refractivity contribution is -0.139. The largest absolute Gasteiger partial charge is 0.480 e. The number of likely N-dealkylation sites (N-methyl/N-ethyl adjacent to an activating group) is 1. The normalized spacial score (nSPS) is 19.9. The average molecular weight is 269 g/mol. The Hall–Kier alpha value is -0.980. The minimum absolute atomic E-state index is 0.492. The SMILES string of the molecule is CNC(C(=O)O)c1csc(C2CCN(C)CC2)n1. The van der Waals surface area contributed by atoms with E-state index in [0.717, 1.165) is 30.9 Å². The first kappa shape index (κ1) is 13.5. The van der Waals surface area contributed by atoms with Gasteiger partial charge in [0.1, 0.15) is 6.04 Å². The molecule has 1 aliphatic rings. The summed E-state index contributed by atoms with van der Waals surface area (Å²) in [6.07, 6.45) is 2.22. The maximum Gasteiger partial charge on any atom is 0.327 e. The summed E-state index contributed by atoms with van der Waals surface area (Å²) in [7, 11) is 3.78. The van der Waals surface area contributed by atoms with E-state index in [4.69, 9.17) is 5.11 Å². The van der Waals surface area contributed by atoms with E-state index in [1.807, 2.05) is 5.38 Å². The summed E-state index contributed by atoms with van der Waals surface area (Å²) in [5.74, 6) is -0.385. The van der Waals surface area contributed by atoms with E-state index in [-0.39, 0.29) is 0 Å². The van der Waals surface area contributed by atoms with Gasteiger partial charge in [0, 0.05) is 11.3 Å². The summed E-state index contributed by atoms with van der Waals surface area (Å²) in [6.45, 7) is 2.18. The standard InChI is InChI=1S/C12H19N3O2S/c1-13-10(12(16)17)9-7-18-11(14-9)8-3-5-15(2)6-4-8/h7-8,10,13H,3-6H2,1-2H3,(H,16,17). The van der Waals surface area contributed by atoms with Crippen molar-refractivity contribution < 1.29 is 9.90 Å². The molecule has 0 radical (unpaired) electrons. The number of aliphatic carboxylic acids is 1. The number of hydrogen-bond acceptors (Lipinski definition) is 5. The number of hydrogen-bond donors (Lipinski definition) is 2. The Kier molecular flexibility index (Phi) is 4.31. The molecule has 1 unspecified atom stereocenters. The Morgan fingerprint density at radius 3 is 2.83 bits per heavy atom. The first-order valence-corrected chi connectivity index (χ1v) is 7.03. The van der Waals surface area contributed by atoms with Gasteiger partial charge >= 0.3 is 5.97 Å². The highest BCUT2D eigenvalue weighted by atomic mass is 32.1. The minimum atomic E-state index is -0.877. The topological polar surface area (TPSA) is 65.5 Å². The van der Waals surface area contributed by atoms with Gasteiger partial charge in [-0.2, -0.15) is 0 Å². The van der Waals surface area contributed by atoms with E-state index >= 15 is 0 Å². The van der Waals surface area contributed by atoms with E-state index < -0.39 is 12.0 Å². The van der Waals surface area contributed by atoms with Crippen LogP contribution in [0.15, 0.2) is 5.38 Å². The van der Waals surface area contributed by atoms with Gasteiger partial charge in [-0.15, -0.1) is 11.3 Å². The zero-order valence-corrected chi connectivity index (χ0v) is 11.5. The molecule has 1 aromatic rings. The molecule has 0 aromatic carbocycles. The number of nitrogens with one attached hydrogen (secondary N) is 1. The van der Waals surface area contributed by atoms with Crippen molar-refractivity contribution in [3.63, 3.8) is 0 Å². The third-order valence-electron chi connectivity index (χ3n) is 3.44. The monoisotopic (exact) mass is 269 g/mol. The Morgan fingerprint density at radius 2 is 2.28 bits per heavy atom. The summed E-state index contributed by atoms with van der Waals surface area (Å²) in [5.41, 5.74) is 0.629. The van der Waals surface area contributed by atoms with E-state index in [2.05, 4.69) is 22.2 Å². The molecule has 0 saturated carbocycles. The second-order valence-corrected chi connectivity index (χ2v) is 5.64. The number of nitrogens with zero attached hydrogens (tertiary/aromatic N) is 2. The molecule has 0 amide bonds. The molecule has 2 heterocycles. The number of piperidine rings is 1. The van der Waals surface area contributed by atoms with Crippen molar-refractivity contribution in [2.75, 3.05) is 27.2 Å². The van der Waals surface area contributed by atoms with Gasteiger partial charge in [0.25, 0.3) is 0 Å². The number of rotatable bonds is 4. The number of aromatic nitrogens is 1. The molecular formula is C12H19N3O2S. The molecule has 1 aromatic heterocycles. The second kappa shape index (κ2) is 5.77. The molecule has 6 heteroatoms. The van der Waals surface area contributed by atoms with Crippen LogP contribution in [0.1, 0.15) is 35.5 Å². The third kappa shape index (κ3) is 2.88. The van der Waals surface area contributed by atoms with Crippen molar-refractivity contribution in [3.8, 4) is 0 Å². The highest BCUT2D eigenvalue weighted by Gasteiger charge is 2.25. The fraction of sp³-hybridized carbons (Fsp3) is 0.667. The molecular weight excluding hydrogens is 250 g/mol. The predicted molar refractivity (Wildman–Crippen MR) is 71.0 cm³/mol. The summed E-state index contributed by atoms with van der Waals surface area (Å²) < 4.78 is 0. The van der Waals surface area contributed by atoms with Gasteiger partial charge in [0.15, 0.2) is 0 Å². The quantitative estimate of drug-likeness (QED) is 0.862. The van der Waals surface area contributed by atoms with Gasteiger partial charge in [0.05, 0.1) is 10.7 Å². The minimum Gasteiger partial charge on any atom is -0.480 e. The average Bonchev–Trinajstić information content (AvgIpc) is 2.80. The Labute approximate surface area is 111 Å². The number of thiazole rings is 1.